The van der Waals surface area contributed by atoms with Gasteiger partial charge in [0.15, 0.2) is 0 Å². The Labute approximate surface area is 289 Å². The van der Waals surface area contributed by atoms with Crippen LogP contribution in [0.5, 0.6) is 0 Å². The molecule has 0 radical (unpaired) electrons. The average Bonchev–Trinajstić information content (AvgIpc) is 3.57. The summed E-state index contributed by atoms with van der Waals surface area (Å²) in [5, 5.41) is 10.4. The van der Waals surface area contributed by atoms with Crippen molar-refractivity contribution in [3.8, 4) is 44.5 Å². The van der Waals surface area contributed by atoms with E-state index in [4.69, 9.17) is 0 Å². The van der Waals surface area contributed by atoms with E-state index in [9.17, 15) is 0 Å². The molecule has 0 fully saturated rings. The van der Waals surface area contributed by atoms with Crippen molar-refractivity contribution in [2.24, 2.45) is 0 Å². The maximum atomic E-state index is 2.42. The molecule has 0 nitrogen and oxygen atoms in total. The molecular formula is C48H30S. The highest BCUT2D eigenvalue weighted by Gasteiger charge is 2.16. The van der Waals surface area contributed by atoms with E-state index in [1.807, 2.05) is 11.3 Å². The molecule has 10 rings (SSSR count). The van der Waals surface area contributed by atoms with Crippen molar-refractivity contribution in [3.63, 3.8) is 0 Å². The molecule has 1 aromatic heterocycles. The van der Waals surface area contributed by atoms with Gasteiger partial charge in [-0.15, -0.1) is 11.3 Å². The fraction of sp³-hybridized carbons (Fsp3) is 0. The van der Waals surface area contributed by atoms with Crippen LogP contribution in [-0.2, 0) is 0 Å². The van der Waals surface area contributed by atoms with Crippen LogP contribution in [-0.4, -0.2) is 0 Å². The summed E-state index contributed by atoms with van der Waals surface area (Å²) in [5.74, 6) is 0. The van der Waals surface area contributed by atoms with Gasteiger partial charge in [-0.05, 0) is 102 Å². The number of fused-ring (bicyclic) bond motifs is 9. The van der Waals surface area contributed by atoms with Gasteiger partial charge in [0.2, 0.25) is 0 Å². The van der Waals surface area contributed by atoms with Gasteiger partial charge in [-0.3, -0.25) is 0 Å². The second-order valence-corrected chi connectivity index (χ2v) is 13.9. The van der Waals surface area contributed by atoms with E-state index in [0.717, 1.165) is 0 Å². The Hall–Kier alpha value is -6.02. The normalized spacial score (nSPS) is 11.7. The zero-order chi connectivity index (χ0) is 32.3. The maximum Gasteiger partial charge on any atom is 0.0434 e. The van der Waals surface area contributed by atoms with Gasteiger partial charge in [-0.2, -0.15) is 0 Å². The molecular weight excluding hydrogens is 609 g/mol. The third-order valence-corrected chi connectivity index (χ3v) is 11.3. The van der Waals surface area contributed by atoms with E-state index in [1.165, 1.54) is 97.0 Å². The molecule has 228 valence electrons. The topological polar surface area (TPSA) is 0 Å². The number of hydrogen-bond donors (Lipinski definition) is 0. The molecule has 0 N–H and O–H groups in total. The molecule has 0 aliphatic carbocycles. The second-order valence-electron chi connectivity index (χ2n) is 12.9. The van der Waals surface area contributed by atoms with E-state index in [0.29, 0.717) is 0 Å². The van der Waals surface area contributed by atoms with Gasteiger partial charge in [0.1, 0.15) is 0 Å². The van der Waals surface area contributed by atoms with Crippen molar-refractivity contribution in [1.29, 1.82) is 0 Å². The van der Waals surface area contributed by atoms with Gasteiger partial charge in [-0.25, -0.2) is 0 Å². The summed E-state index contributed by atoms with van der Waals surface area (Å²) in [4.78, 5) is 0. The summed E-state index contributed by atoms with van der Waals surface area (Å²) in [6.07, 6.45) is 0. The lowest BCUT2D eigenvalue weighted by atomic mass is 9.90. The highest BCUT2D eigenvalue weighted by atomic mass is 32.1. The molecule has 0 atom stereocenters. The van der Waals surface area contributed by atoms with Crippen LogP contribution < -0.4 is 0 Å². The lowest BCUT2D eigenvalue weighted by molar-refractivity contribution is 1.58. The smallest absolute Gasteiger partial charge is 0.0434 e. The van der Waals surface area contributed by atoms with Gasteiger partial charge >= 0.3 is 0 Å². The lowest BCUT2D eigenvalue weighted by Gasteiger charge is -2.14. The Kier molecular flexibility index (Phi) is 6.47. The Morgan fingerprint density at radius 2 is 0.714 bits per heavy atom. The van der Waals surface area contributed by atoms with E-state index in [1.54, 1.807) is 0 Å². The maximum absolute atomic E-state index is 2.42. The first kappa shape index (κ1) is 28.0. The number of rotatable bonds is 4. The van der Waals surface area contributed by atoms with Gasteiger partial charge in [0.05, 0.1) is 0 Å². The van der Waals surface area contributed by atoms with Crippen molar-refractivity contribution in [2.75, 3.05) is 0 Å². The number of benzene rings is 9. The quantitative estimate of drug-likeness (QED) is 0.168. The monoisotopic (exact) mass is 638 g/mol. The lowest BCUT2D eigenvalue weighted by Crippen LogP contribution is -1.87. The molecule has 0 unspecified atom stereocenters. The van der Waals surface area contributed by atoms with Crippen LogP contribution in [0.3, 0.4) is 0 Å². The molecule has 49 heavy (non-hydrogen) atoms. The molecule has 0 saturated heterocycles. The minimum atomic E-state index is 1.22. The number of thiophene rings is 1. The summed E-state index contributed by atoms with van der Waals surface area (Å²) in [5.41, 5.74) is 9.90. The first-order valence-electron chi connectivity index (χ1n) is 16.8. The van der Waals surface area contributed by atoms with Crippen molar-refractivity contribution >= 4 is 63.8 Å². The number of hydrogen-bond acceptors (Lipinski definition) is 1. The molecule has 0 bridgehead atoms. The van der Waals surface area contributed by atoms with Crippen molar-refractivity contribution < 1.29 is 0 Å². The highest BCUT2D eigenvalue weighted by Crippen LogP contribution is 2.44. The molecule has 9 aromatic carbocycles. The van der Waals surface area contributed by atoms with Crippen LogP contribution in [0.1, 0.15) is 0 Å². The fourth-order valence-corrected chi connectivity index (χ4v) is 8.87. The highest BCUT2D eigenvalue weighted by molar-refractivity contribution is 7.26. The molecule has 1 heteroatoms. The van der Waals surface area contributed by atoms with Crippen LogP contribution in [0.15, 0.2) is 182 Å². The van der Waals surface area contributed by atoms with E-state index >= 15 is 0 Å². The van der Waals surface area contributed by atoms with Crippen LogP contribution in [0, 0.1) is 0 Å². The summed E-state index contributed by atoms with van der Waals surface area (Å²) in [7, 11) is 0. The Morgan fingerprint density at radius 3 is 1.43 bits per heavy atom. The molecule has 0 aliphatic heterocycles. The molecule has 0 spiro atoms. The predicted octanol–water partition coefficient (Wildman–Crippen LogP) is 14.2. The third-order valence-electron chi connectivity index (χ3n) is 10.1. The summed E-state index contributed by atoms with van der Waals surface area (Å²) < 4.78 is 2.65. The third kappa shape index (κ3) is 4.66. The first-order valence-corrected chi connectivity index (χ1v) is 17.7. The summed E-state index contributed by atoms with van der Waals surface area (Å²) in [6.45, 7) is 0. The molecule has 0 saturated carbocycles. The second kappa shape index (κ2) is 11.3. The van der Waals surface area contributed by atoms with Gasteiger partial charge < -0.3 is 0 Å². The zero-order valence-corrected chi connectivity index (χ0v) is 27.5. The van der Waals surface area contributed by atoms with E-state index in [2.05, 4.69) is 182 Å². The van der Waals surface area contributed by atoms with E-state index < -0.39 is 0 Å². The fourth-order valence-electron chi connectivity index (χ4n) is 7.65. The van der Waals surface area contributed by atoms with Crippen molar-refractivity contribution in [3.05, 3.63) is 182 Å². The van der Waals surface area contributed by atoms with Crippen molar-refractivity contribution in [1.82, 2.24) is 0 Å². The molecule has 0 aliphatic rings. The standard InChI is InChI=1S/C48H30S/c1-2-11-31(12-3-1)32-21-23-33(24-22-32)34-13-10-14-36(27-34)44-29-37(30-46-43-19-8-9-20-47(43)49-48(44)46)35-25-26-42-40-17-5-4-15-38(40)39-16-6-7-18-41(39)45(42)28-35/h1-30H. The Morgan fingerprint density at radius 1 is 0.245 bits per heavy atom. The van der Waals surface area contributed by atoms with E-state index in [-0.39, 0.29) is 0 Å². The summed E-state index contributed by atoms with van der Waals surface area (Å²) >= 11 is 1.89. The molecule has 1 heterocycles. The molecule has 10 aromatic rings. The minimum absolute atomic E-state index is 1.22. The zero-order valence-electron chi connectivity index (χ0n) is 26.7. The van der Waals surface area contributed by atoms with Crippen LogP contribution in [0.4, 0.5) is 0 Å². The SMILES string of the molecule is c1ccc(-c2ccc(-c3cccc(-c4cc(-c5ccc6c7ccccc7c7ccccc7c6c5)cc5c4sc4ccccc45)c3)cc2)cc1. The molecule has 0 amide bonds. The van der Waals surface area contributed by atoms with Crippen LogP contribution in [0.25, 0.3) is 97.0 Å². The van der Waals surface area contributed by atoms with Gasteiger partial charge in [0, 0.05) is 25.7 Å². The van der Waals surface area contributed by atoms with Crippen molar-refractivity contribution in [2.45, 2.75) is 0 Å². The van der Waals surface area contributed by atoms with Gasteiger partial charge in [-0.1, -0.05) is 152 Å². The predicted molar refractivity (Wildman–Crippen MR) is 214 cm³/mol. The van der Waals surface area contributed by atoms with Crippen LogP contribution >= 0.6 is 11.3 Å². The average molecular weight is 639 g/mol. The van der Waals surface area contributed by atoms with Crippen LogP contribution in [0.2, 0.25) is 0 Å². The largest absolute Gasteiger partial charge is 0.135 e. The Balaban J connectivity index is 1.16. The summed E-state index contributed by atoms with van der Waals surface area (Å²) in [6, 6.07) is 67.0. The van der Waals surface area contributed by atoms with Gasteiger partial charge in [0.25, 0.3) is 0 Å². The first-order chi connectivity index (χ1) is 24.3. The Bertz CT molecular complexity index is 2820. The minimum Gasteiger partial charge on any atom is -0.135 e.